The first-order chi connectivity index (χ1) is 22.1. The van der Waals surface area contributed by atoms with Crippen molar-refractivity contribution in [1.29, 1.82) is 5.26 Å². The molecule has 226 valence electrons. The Morgan fingerprint density at radius 3 is 1.93 bits per heavy atom. The van der Waals surface area contributed by atoms with E-state index in [0.717, 1.165) is 38.9 Å². The van der Waals surface area contributed by atoms with E-state index in [0.29, 0.717) is 29.0 Å². The summed E-state index contributed by atoms with van der Waals surface area (Å²) < 4.78 is 12.5. The topological polar surface area (TPSA) is 76.4 Å². The third-order valence-electron chi connectivity index (χ3n) is 9.20. The van der Waals surface area contributed by atoms with Crippen LogP contribution in [0.5, 0.6) is 11.5 Å². The minimum absolute atomic E-state index is 0.237. The third kappa shape index (κ3) is 4.61. The van der Waals surface area contributed by atoms with Crippen molar-refractivity contribution in [2.75, 3.05) is 0 Å². The minimum Gasteiger partial charge on any atom is -0.426 e. The summed E-state index contributed by atoms with van der Waals surface area (Å²) in [5, 5.41) is 9.26. The van der Waals surface area contributed by atoms with Crippen molar-refractivity contribution in [3.8, 4) is 17.6 Å². The Morgan fingerprint density at radius 1 is 0.761 bits per heavy atom. The summed E-state index contributed by atoms with van der Waals surface area (Å²) in [5.41, 5.74) is 7.85. The number of hydrogen-bond acceptors (Lipinski definition) is 5. The molecule has 0 amide bonds. The Hall–Kier alpha value is -5.47. The third-order valence-corrected chi connectivity index (χ3v) is 9.20. The second-order valence-corrected chi connectivity index (χ2v) is 13.2. The predicted molar refractivity (Wildman–Crippen MR) is 176 cm³/mol. The van der Waals surface area contributed by atoms with Gasteiger partial charge in [-0.2, -0.15) is 5.26 Å². The Labute approximate surface area is 269 Å². The van der Waals surface area contributed by atoms with Gasteiger partial charge in [0.1, 0.15) is 11.5 Å². The molecule has 0 unspecified atom stereocenters. The summed E-state index contributed by atoms with van der Waals surface area (Å²) in [4.78, 5) is 27.1. The van der Waals surface area contributed by atoms with Gasteiger partial charge in [0.25, 0.3) is 0 Å². The van der Waals surface area contributed by atoms with Crippen molar-refractivity contribution < 1.29 is 19.1 Å². The molecule has 0 radical (unpaired) electrons. The van der Waals surface area contributed by atoms with E-state index < -0.39 is 16.8 Å². The number of carbonyl (C=O) groups is 2. The van der Waals surface area contributed by atoms with Crippen LogP contribution in [0.25, 0.3) is 0 Å². The van der Waals surface area contributed by atoms with Crippen molar-refractivity contribution >= 4 is 11.9 Å². The van der Waals surface area contributed by atoms with Gasteiger partial charge in [0.05, 0.1) is 28.0 Å². The maximum atomic E-state index is 13.7. The molecule has 0 saturated heterocycles. The molecule has 5 nitrogen and oxygen atoms in total. The van der Waals surface area contributed by atoms with Crippen LogP contribution in [0.4, 0.5) is 0 Å². The van der Waals surface area contributed by atoms with Crippen LogP contribution in [0, 0.1) is 23.7 Å². The van der Waals surface area contributed by atoms with Crippen molar-refractivity contribution in [1.82, 2.24) is 0 Å². The Bertz CT molecular complexity index is 2010. The van der Waals surface area contributed by atoms with Crippen molar-refractivity contribution in [2.45, 2.75) is 45.4 Å². The van der Waals surface area contributed by atoms with Crippen molar-refractivity contribution in [3.63, 3.8) is 0 Å². The predicted octanol–water partition coefficient (Wildman–Crippen LogP) is 8.42. The van der Waals surface area contributed by atoms with E-state index in [1.54, 1.807) is 36.4 Å². The van der Waals surface area contributed by atoms with Crippen LogP contribution < -0.4 is 9.47 Å². The zero-order chi connectivity index (χ0) is 32.2. The summed E-state index contributed by atoms with van der Waals surface area (Å²) >= 11 is 0. The average molecular weight is 604 g/mol. The molecule has 46 heavy (non-hydrogen) atoms. The number of carbonyl (C=O) groups excluding carboxylic acids is 2. The van der Waals surface area contributed by atoms with E-state index in [9.17, 15) is 14.9 Å². The molecule has 5 aromatic rings. The second kappa shape index (κ2) is 10.9. The maximum absolute atomic E-state index is 13.7. The molecule has 0 saturated carbocycles. The summed E-state index contributed by atoms with van der Waals surface area (Å²) in [5.74, 6) is -0.220. The van der Waals surface area contributed by atoms with Crippen LogP contribution in [0.2, 0.25) is 0 Å². The summed E-state index contributed by atoms with van der Waals surface area (Å²) in [6.45, 7) is 7.59. The molecule has 5 heteroatoms. The number of benzene rings is 5. The van der Waals surface area contributed by atoms with Gasteiger partial charge in [-0.05, 0) is 98.3 Å². The van der Waals surface area contributed by atoms with Crippen LogP contribution in [0.1, 0.15) is 87.1 Å². The minimum atomic E-state index is -0.753. The van der Waals surface area contributed by atoms with E-state index in [4.69, 9.17) is 9.47 Å². The molecule has 0 aromatic heterocycles. The Kier molecular flexibility index (Phi) is 6.90. The first-order valence-corrected chi connectivity index (χ1v) is 15.5. The van der Waals surface area contributed by atoms with Gasteiger partial charge in [0.2, 0.25) is 0 Å². The monoisotopic (exact) mass is 603 g/mol. The highest BCUT2D eigenvalue weighted by Crippen LogP contribution is 2.64. The quantitative estimate of drug-likeness (QED) is 0.149. The normalized spacial score (nSPS) is 17.2. The van der Waals surface area contributed by atoms with Crippen LogP contribution in [0.15, 0.2) is 109 Å². The molecule has 0 fully saturated rings. The van der Waals surface area contributed by atoms with Crippen LogP contribution in [-0.2, 0) is 16.6 Å². The molecule has 8 rings (SSSR count). The molecule has 2 bridgehead atoms. The van der Waals surface area contributed by atoms with Crippen molar-refractivity contribution in [2.24, 2.45) is 5.41 Å². The number of rotatable bonds is 5. The van der Waals surface area contributed by atoms with Gasteiger partial charge in [0.15, 0.2) is 0 Å². The van der Waals surface area contributed by atoms with Gasteiger partial charge in [-0.3, -0.25) is 4.79 Å². The lowest BCUT2D eigenvalue weighted by molar-refractivity contribution is -0.143. The number of nitriles is 1. The fraction of sp³-hybridized carbons (Fsp3) is 0.195. The van der Waals surface area contributed by atoms with Crippen LogP contribution in [0.3, 0.4) is 0 Å². The molecule has 5 aromatic carbocycles. The highest BCUT2D eigenvalue weighted by atomic mass is 16.5. The van der Waals surface area contributed by atoms with Gasteiger partial charge >= 0.3 is 11.9 Å². The standard InChI is InChI=1S/C41H33NO4/c1-25-13-15-26(16-14-25)23-41-31-11-7-5-9-29(31)35(30-10-6-8-12-32(30)41)36-33(46-39(44)40(2,3)4)21-22-34(37(36)41)45-38(43)28-19-17-27(24-42)18-20-28/h5-22,35H,23H2,1-4H3. The van der Waals surface area contributed by atoms with Crippen LogP contribution >= 0.6 is 0 Å². The van der Waals surface area contributed by atoms with Gasteiger partial charge in [0, 0.05) is 17.0 Å². The van der Waals surface area contributed by atoms with Gasteiger partial charge < -0.3 is 9.47 Å². The van der Waals surface area contributed by atoms with E-state index >= 15 is 0 Å². The largest absolute Gasteiger partial charge is 0.426 e. The summed E-state index contributed by atoms with van der Waals surface area (Å²) in [6, 6.07) is 37.5. The SMILES string of the molecule is Cc1ccc(CC23c4ccccc4C(c4ccccc42)c2c(OC(=O)C(C)(C)C)ccc(OC(=O)c4ccc(C#N)cc4)c23)cc1. The maximum Gasteiger partial charge on any atom is 0.343 e. The number of hydrogen-bond donors (Lipinski definition) is 0. The Morgan fingerprint density at radius 2 is 1.35 bits per heavy atom. The highest BCUT2D eigenvalue weighted by molar-refractivity contribution is 5.92. The van der Waals surface area contributed by atoms with E-state index in [1.807, 2.05) is 20.8 Å². The number of ether oxygens (including phenoxy) is 2. The lowest BCUT2D eigenvalue weighted by Crippen LogP contribution is -2.44. The van der Waals surface area contributed by atoms with E-state index in [2.05, 4.69) is 85.8 Å². The number of esters is 2. The molecule has 0 N–H and O–H groups in total. The second-order valence-electron chi connectivity index (χ2n) is 13.2. The fourth-order valence-corrected chi connectivity index (χ4v) is 7.03. The molecule has 0 atom stereocenters. The number of nitrogens with zero attached hydrogens (tertiary/aromatic N) is 1. The summed E-state index contributed by atoms with van der Waals surface area (Å²) in [6.07, 6.45) is 0.596. The zero-order valence-electron chi connectivity index (χ0n) is 26.3. The average Bonchev–Trinajstić information content (AvgIpc) is 3.06. The fourth-order valence-electron chi connectivity index (χ4n) is 7.03. The molecule has 0 aliphatic heterocycles. The molecule has 0 spiro atoms. The molecular formula is C41H33NO4. The lowest BCUT2D eigenvalue weighted by atomic mass is 9.51. The molecule has 0 heterocycles. The molecular weight excluding hydrogens is 570 g/mol. The smallest absolute Gasteiger partial charge is 0.343 e. The summed E-state index contributed by atoms with van der Waals surface area (Å²) in [7, 11) is 0. The lowest BCUT2D eigenvalue weighted by Gasteiger charge is -2.51. The molecule has 3 aliphatic carbocycles. The first-order valence-electron chi connectivity index (χ1n) is 15.5. The van der Waals surface area contributed by atoms with Gasteiger partial charge in [-0.1, -0.05) is 78.4 Å². The van der Waals surface area contributed by atoms with Crippen molar-refractivity contribution in [3.05, 3.63) is 165 Å². The molecule has 3 aliphatic rings. The van der Waals surface area contributed by atoms with Crippen LogP contribution in [-0.4, -0.2) is 11.9 Å². The number of aryl methyl sites for hydroxylation is 1. The zero-order valence-corrected chi connectivity index (χ0v) is 26.3. The highest BCUT2D eigenvalue weighted by Gasteiger charge is 2.54. The van der Waals surface area contributed by atoms with E-state index in [1.165, 1.54) is 5.56 Å². The Balaban J connectivity index is 1.51. The van der Waals surface area contributed by atoms with Gasteiger partial charge in [-0.25, -0.2) is 4.79 Å². The van der Waals surface area contributed by atoms with E-state index in [-0.39, 0.29) is 11.9 Å². The van der Waals surface area contributed by atoms with Gasteiger partial charge in [-0.15, -0.1) is 0 Å². The first kappa shape index (κ1) is 29.3.